The molecule has 26 heavy (non-hydrogen) atoms. The molecule has 140 valence electrons. The Morgan fingerprint density at radius 1 is 1.08 bits per heavy atom. The second-order valence-corrected chi connectivity index (χ2v) is 8.64. The van der Waals surface area contributed by atoms with Crippen LogP contribution in [0.1, 0.15) is 42.5 Å². The fourth-order valence-corrected chi connectivity index (χ4v) is 4.11. The molecule has 6 nitrogen and oxygen atoms in total. The Balaban J connectivity index is 1.74. The first-order valence-electron chi connectivity index (χ1n) is 8.87. The van der Waals surface area contributed by atoms with Crippen LogP contribution in [0.25, 0.3) is 5.13 Å². The van der Waals surface area contributed by atoms with Crippen molar-refractivity contribution >= 4 is 23.2 Å². The fourth-order valence-electron chi connectivity index (χ4n) is 3.36. The molecule has 0 N–H and O–H groups in total. The molecule has 1 aliphatic rings. The smallest absolute Gasteiger partial charge is 0.255 e. The van der Waals surface area contributed by atoms with Crippen molar-refractivity contribution in [2.75, 3.05) is 26.2 Å². The van der Waals surface area contributed by atoms with Crippen molar-refractivity contribution in [2.45, 2.75) is 34.6 Å². The van der Waals surface area contributed by atoms with Crippen LogP contribution in [0.5, 0.6) is 0 Å². The summed E-state index contributed by atoms with van der Waals surface area (Å²) < 4.78 is 2.03. The average Bonchev–Trinajstić information content (AvgIpc) is 3.20. The molecule has 2 aromatic rings. The summed E-state index contributed by atoms with van der Waals surface area (Å²) in [5, 5.41) is 2.81. The number of rotatable bonds is 2. The molecule has 1 aliphatic heterocycles. The maximum absolute atomic E-state index is 13.0. The van der Waals surface area contributed by atoms with E-state index in [1.54, 1.807) is 17.5 Å². The number of thiazole rings is 1. The van der Waals surface area contributed by atoms with Crippen molar-refractivity contribution in [1.29, 1.82) is 0 Å². The minimum absolute atomic E-state index is 0.0313. The van der Waals surface area contributed by atoms with E-state index in [4.69, 9.17) is 0 Å². The Bertz CT molecular complexity index is 809. The number of carbonyl (C=O) groups excluding carboxylic acids is 2. The van der Waals surface area contributed by atoms with Crippen LogP contribution in [0, 0.1) is 19.3 Å². The lowest BCUT2D eigenvalue weighted by atomic mass is 9.94. The molecular formula is C19H26N4O2S. The van der Waals surface area contributed by atoms with Gasteiger partial charge in [-0.2, -0.15) is 0 Å². The minimum Gasteiger partial charge on any atom is -0.339 e. The van der Waals surface area contributed by atoms with Crippen LogP contribution in [0.4, 0.5) is 0 Å². The third kappa shape index (κ3) is 3.40. The van der Waals surface area contributed by atoms with E-state index in [2.05, 4.69) is 4.98 Å². The van der Waals surface area contributed by atoms with Crippen molar-refractivity contribution in [3.05, 3.63) is 34.6 Å². The highest BCUT2D eigenvalue weighted by Gasteiger charge is 2.32. The van der Waals surface area contributed by atoms with Gasteiger partial charge in [-0.1, -0.05) is 20.8 Å². The van der Waals surface area contributed by atoms with E-state index in [0.29, 0.717) is 31.7 Å². The fraction of sp³-hybridized carbons (Fsp3) is 0.526. The van der Waals surface area contributed by atoms with Gasteiger partial charge in [0.15, 0.2) is 5.13 Å². The summed E-state index contributed by atoms with van der Waals surface area (Å²) in [6, 6.07) is 1.94. The van der Waals surface area contributed by atoms with Crippen molar-refractivity contribution in [3.8, 4) is 5.13 Å². The summed E-state index contributed by atoms with van der Waals surface area (Å²) in [4.78, 5) is 33.5. The van der Waals surface area contributed by atoms with E-state index in [1.165, 1.54) is 0 Å². The Labute approximate surface area is 158 Å². The lowest BCUT2D eigenvalue weighted by Gasteiger charge is -2.37. The first-order valence-corrected chi connectivity index (χ1v) is 9.75. The Morgan fingerprint density at radius 3 is 2.23 bits per heavy atom. The molecule has 0 saturated carbocycles. The first kappa shape index (κ1) is 18.6. The molecule has 2 amide bonds. The van der Waals surface area contributed by atoms with Crippen molar-refractivity contribution in [2.24, 2.45) is 5.41 Å². The average molecular weight is 375 g/mol. The third-order valence-corrected chi connectivity index (χ3v) is 5.52. The Morgan fingerprint density at radius 2 is 1.69 bits per heavy atom. The quantitative estimate of drug-likeness (QED) is 0.812. The maximum Gasteiger partial charge on any atom is 0.255 e. The van der Waals surface area contributed by atoms with Gasteiger partial charge in [0, 0.05) is 54.6 Å². The van der Waals surface area contributed by atoms with Crippen LogP contribution in [0.3, 0.4) is 0 Å². The largest absolute Gasteiger partial charge is 0.339 e. The molecule has 0 aromatic carbocycles. The lowest BCUT2D eigenvalue weighted by Crippen LogP contribution is -2.53. The van der Waals surface area contributed by atoms with E-state index in [0.717, 1.165) is 16.5 Å². The van der Waals surface area contributed by atoms with Crippen LogP contribution < -0.4 is 0 Å². The molecule has 2 aromatic heterocycles. The minimum atomic E-state index is -0.384. The Kier molecular flexibility index (Phi) is 4.92. The van der Waals surface area contributed by atoms with Crippen LogP contribution in [-0.2, 0) is 4.79 Å². The highest BCUT2D eigenvalue weighted by Crippen LogP contribution is 2.24. The standard InChI is InChI=1S/C19H26N4O2S/c1-13-12-15(14(2)23(13)18-20-6-11-26-18)16(24)21-7-9-22(10-8-21)17(25)19(3,4)5/h6,11-12H,7-10H2,1-5H3. The second kappa shape index (κ2) is 6.87. The summed E-state index contributed by atoms with van der Waals surface area (Å²) in [6.45, 7) is 12.1. The van der Waals surface area contributed by atoms with Gasteiger partial charge >= 0.3 is 0 Å². The molecule has 3 heterocycles. The zero-order valence-electron chi connectivity index (χ0n) is 16.1. The SMILES string of the molecule is Cc1cc(C(=O)N2CCN(C(=O)C(C)(C)C)CC2)c(C)n1-c1nccs1. The topological polar surface area (TPSA) is 58.4 Å². The summed E-state index contributed by atoms with van der Waals surface area (Å²) in [7, 11) is 0. The van der Waals surface area contributed by atoms with Crippen molar-refractivity contribution in [3.63, 3.8) is 0 Å². The van der Waals surface area contributed by atoms with Crippen LogP contribution >= 0.6 is 11.3 Å². The van der Waals surface area contributed by atoms with Gasteiger partial charge in [-0.3, -0.25) is 14.2 Å². The molecule has 1 saturated heterocycles. The number of aromatic nitrogens is 2. The Hall–Kier alpha value is -2.15. The van der Waals surface area contributed by atoms with E-state index in [9.17, 15) is 9.59 Å². The number of hydrogen-bond acceptors (Lipinski definition) is 4. The molecule has 0 spiro atoms. The number of aryl methyl sites for hydroxylation is 1. The summed E-state index contributed by atoms with van der Waals surface area (Å²) in [5.74, 6) is 0.176. The molecule has 1 fully saturated rings. The molecule has 0 radical (unpaired) electrons. The monoisotopic (exact) mass is 374 g/mol. The number of piperazine rings is 1. The van der Waals surface area contributed by atoms with Gasteiger partial charge in [0.05, 0.1) is 5.56 Å². The predicted molar refractivity (Wildman–Crippen MR) is 103 cm³/mol. The maximum atomic E-state index is 13.0. The van der Waals surface area contributed by atoms with E-state index in [1.807, 2.05) is 60.4 Å². The van der Waals surface area contributed by atoms with Gasteiger partial charge in [0.1, 0.15) is 0 Å². The zero-order valence-corrected chi connectivity index (χ0v) is 16.9. The summed E-state index contributed by atoms with van der Waals surface area (Å²) in [6.07, 6.45) is 1.77. The van der Waals surface area contributed by atoms with Crippen LogP contribution in [-0.4, -0.2) is 57.3 Å². The third-order valence-electron chi connectivity index (χ3n) is 4.77. The molecule has 3 rings (SSSR count). The number of amides is 2. The number of carbonyl (C=O) groups is 2. The molecular weight excluding hydrogens is 348 g/mol. The molecule has 0 bridgehead atoms. The predicted octanol–water partition coefficient (Wildman–Crippen LogP) is 2.88. The van der Waals surface area contributed by atoms with Crippen molar-refractivity contribution < 1.29 is 9.59 Å². The van der Waals surface area contributed by atoms with Crippen LogP contribution in [0.2, 0.25) is 0 Å². The van der Waals surface area contributed by atoms with Crippen LogP contribution in [0.15, 0.2) is 17.6 Å². The second-order valence-electron chi connectivity index (χ2n) is 7.77. The van der Waals surface area contributed by atoms with E-state index < -0.39 is 0 Å². The van der Waals surface area contributed by atoms with E-state index in [-0.39, 0.29) is 17.2 Å². The molecule has 0 unspecified atom stereocenters. The highest BCUT2D eigenvalue weighted by atomic mass is 32.1. The summed E-state index contributed by atoms with van der Waals surface area (Å²) in [5.41, 5.74) is 2.25. The summed E-state index contributed by atoms with van der Waals surface area (Å²) >= 11 is 1.55. The highest BCUT2D eigenvalue weighted by molar-refractivity contribution is 7.12. The van der Waals surface area contributed by atoms with Gasteiger partial charge in [-0.05, 0) is 19.9 Å². The molecule has 0 aliphatic carbocycles. The zero-order chi connectivity index (χ0) is 19.1. The van der Waals surface area contributed by atoms with Gasteiger partial charge < -0.3 is 9.80 Å². The van der Waals surface area contributed by atoms with Gasteiger partial charge in [-0.15, -0.1) is 11.3 Å². The number of hydrogen-bond donors (Lipinski definition) is 0. The van der Waals surface area contributed by atoms with Gasteiger partial charge in [-0.25, -0.2) is 4.98 Å². The van der Waals surface area contributed by atoms with Gasteiger partial charge in [0.25, 0.3) is 5.91 Å². The first-order chi connectivity index (χ1) is 12.2. The number of nitrogens with zero attached hydrogens (tertiary/aromatic N) is 4. The van der Waals surface area contributed by atoms with Crippen molar-refractivity contribution in [1.82, 2.24) is 19.4 Å². The molecule has 7 heteroatoms. The lowest BCUT2D eigenvalue weighted by molar-refractivity contribution is -0.140. The van der Waals surface area contributed by atoms with E-state index >= 15 is 0 Å². The van der Waals surface area contributed by atoms with Gasteiger partial charge in [0.2, 0.25) is 5.91 Å². The normalized spacial score (nSPS) is 15.4. The molecule has 0 atom stereocenters.